The van der Waals surface area contributed by atoms with E-state index in [1.165, 1.54) is 5.01 Å². The van der Waals surface area contributed by atoms with Crippen LogP contribution >= 0.6 is 11.6 Å². The normalized spacial score (nSPS) is 12.7. The Morgan fingerprint density at radius 2 is 2.08 bits per heavy atom. The van der Waals surface area contributed by atoms with E-state index in [0.717, 1.165) is 0 Å². The van der Waals surface area contributed by atoms with Crippen molar-refractivity contribution in [1.29, 1.82) is 0 Å². The van der Waals surface area contributed by atoms with Gasteiger partial charge in [-0.25, -0.2) is 5.84 Å². The Labute approximate surface area is 76.3 Å². The summed E-state index contributed by atoms with van der Waals surface area (Å²) in [5.74, 6) is 5.54. The molecule has 0 saturated heterocycles. The van der Waals surface area contributed by atoms with Crippen LogP contribution < -0.4 is 10.9 Å². The second-order valence-corrected chi connectivity index (χ2v) is 2.90. The maximum absolute atomic E-state index is 9.14. The Kier molecular flexibility index (Phi) is 2.92. The lowest BCUT2D eigenvalue weighted by atomic mass is 10.3. The third kappa shape index (κ3) is 1.88. The molecule has 3 nitrogen and oxygen atoms in total. The summed E-state index contributed by atoms with van der Waals surface area (Å²) >= 11 is 5.83. The van der Waals surface area contributed by atoms with Gasteiger partial charge in [0.05, 0.1) is 10.7 Å². The maximum Gasteiger partial charge on any atom is 0.138 e. The number of rotatable bonds is 2. The van der Waals surface area contributed by atoms with Gasteiger partial charge in [0.15, 0.2) is 0 Å². The van der Waals surface area contributed by atoms with E-state index >= 15 is 0 Å². The van der Waals surface area contributed by atoms with E-state index in [4.69, 9.17) is 22.6 Å². The van der Waals surface area contributed by atoms with Crippen LogP contribution in [0, 0.1) is 0 Å². The van der Waals surface area contributed by atoms with Crippen LogP contribution in [-0.2, 0) is 0 Å². The van der Waals surface area contributed by atoms with Crippen molar-refractivity contribution in [3.63, 3.8) is 0 Å². The molecular weight excluding hydrogens is 176 g/mol. The molecule has 0 aliphatic heterocycles. The van der Waals surface area contributed by atoms with Crippen LogP contribution in [-0.4, -0.2) is 11.3 Å². The van der Waals surface area contributed by atoms with Gasteiger partial charge in [0.2, 0.25) is 0 Å². The molecule has 1 atom stereocenters. The van der Waals surface area contributed by atoms with Crippen molar-refractivity contribution >= 4 is 17.3 Å². The van der Waals surface area contributed by atoms with Crippen molar-refractivity contribution in [2.24, 2.45) is 5.84 Å². The Morgan fingerprint density at radius 1 is 1.50 bits per heavy atom. The molecule has 0 spiro atoms. The minimum atomic E-state index is -0.745. The summed E-state index contributed by atoms with van der Waals surface area (Å²) in [5.41, 5.74) is 0.620. The lowest BCUT2D eigenvalue weighted by Crippen LogP contribution is -2.39. The monoisotopic (exact) mass is 186 g/mol. The standard InChI is InChI=1S/C8H11ClN2O/c1-6(12)11(10)8-5-3-2-4-7(8)9/h2-6,12H,10H2,1H3. The largest absolute Gasteiger partial charge is 0.373 e. The van der Waals surface area contributed by atoms with Crippen molar-refractivity contribution < 1.29 is 5.11 Å². The highest BCUT2D eigenvalue weighted by Gasteiger charge is 2.09. The van der Waals surface area contributed by atoms with Crippen LogP contribution in [0.25, 0.3) is 0 Å². The molecule has 4 heteroatoms. The summed E-state index contributed by atoms with van der Waals surface area (Å²) in [6.07, 6.45) is -0.745. The number of benzene rings is 1. The molecule has 0 fully saturated rings. The van der Waals surface area contributed by atoms with Gasteiger partial charge in [0.25, 0.3) is 0 Å². The average molecular weight is 187 g/mol. The minimum absolute atomic E-state index is 0.529. The third-order valence-corrected chi connectivity index (χ3v) is 1.85. The lowest BCUT2D eigenvalue weighted by Gasteiger charge is -2.22. The number of nitrogens with two attached hydrogens (primary N) is 1. The summed E-state index contributed by atoms with van der Waals surface area (Å²) in [6.45, 7) is 1.57. The van der Waals surface area contributed by atoms with Crippen LogP contribution in [0.1, 0.15) is 6.92 Å². The second kappa shape index (κ2) is 3.76. The van der Waals surface area contributed by atoms with Gasteiger partial charge in [-0.1, -0.05) is 23.7 Å². The molecule has 0 aliphatic carbocycles. The van der Waals surface area contributed by atoms with Crippen molar-refractivity contribution in [1.82, 2.24) is 0 Å². The van der Waals surface area contributed by atoms with Gasteiger partial charge in [0, 0.05) is 0 Å². The highest BCUT2D eigenvalue weighted by molar-refractivity contribution is 6.33. The fourth-order valence-corrected chi connectivity index (χ4v) is 1.10. The number of para-hydroxylation sites is 1. The number of hydrogen-bond acceptors (Lipinski definition) is 3. The highest BCUT2D eigenvalue weighted by Crippen LogP contribution is 2.23. The van der Waals surface area contributed by atoms with Crippen molar-refractivity contribution in [2.45, 2.75) is 13.2 Å². The Morgan fingerprint density at radius 3 is 2.58 bits per heavy atom. The number of hydrazine groups is 1. The first-order valence-electron chi connectivity index (χ1n) is 3.59. The number of anilines is 1. The molecule has 0 aliphatic rings. The molecule has 12 heavy (non-hydrogen) atoms. The summed E-state index contributed by atoms with van der Waals surface area (Å²) in [4.78, 5) is 0. The highest BCUT2D eigenvalue weighted by atomic mass is 35.5. The predicted octanol–water partition coefficient (Wildman–Crippen LogP) is 1.36. The second-order valence-electron chi connectivity index (χ2n) is 2.49. The number of aliphatic hydroxyl groups is 1. The molecule has 1 rings (SSSR count). The van der Waals surface area contributed by atoms with Gasteiger partial charge in [-0.15, -0.1) is 0 Å². The molecule has 1 aromatic rings. The van der Waals surface area contributed by atoms with Crippen LogP contribution in [0.2, 0.25) is 5.02 Å². The van der Waals surface area contributed by atoms with Crippen LogP contribution in [0.4, 0.5) is 5.69 Å². The van der Waals surface area contributed by atoms with Crippen molar-refractivity contribution in [3.05, 3.63) is 29.3 Å². The number of nitrogens with zero attached hydrogens (tertiary/aromatic N) is 1. The molecule has 66 valence electrons. The van der Waals surface area contributed by atoms with Gasteiger partial charge in [-0.3, -0.25) is 5.01 Å². The summed E-state index contributed by atoms with van der Waals surface area (Å²) in [7, 11) is 0. The van der Waals surface area contributed by atoms with E-state index < -0.39 is 6.23 Å². The summed E-state index contributed by atoms with van der Waals surface area (Å²) in [6, 6.07) is 7.08. The van der Waals surface area contributed by atoms with Crippen LogP contribution in [0.5, 0.6) is 0 Å². The zero-order valence-corrected chi connectivity index (χ0v) is 7.49. The first-order chi connectivity index (χ1) is 5.63. The fraction of sp³-hybridized carbons (Fsp3) is 0.250. The number of halogens is 1. The van der Waals surface area contributed by atoms with Gasteiger partial charge in [-0.05, 0) is 19.1 Å². The summed E-state index contributed by atoms with van der Waals surface area (Å²) < 4.78 is 0. The van der Waals surface area contributed by atoms with E-state index in [0.29, 0.717) is 10.7 Å². The van der Waals surface area contributed by atoms with Crippen molar-refractivity contribution in [3.8, 4) is 0 Å². The maximum atomic E-state index is 9.14. The Hall–Kier alpha value is -0.770. The molecule has 0 amide bonds. The van der Waals surface area contributed by atoms with E-state index in [9.17, 15) is 0 Å². The van der Waals surface area contributed by atoms with E-state index in [1.54, 1.807) is 19.1 Å². The first kappa shape index (κ1) is 9.32. The van der Waals surface area contributed by atoms with Crippen LogP contribution in [0.15, 0.2) is 24.3 Å². The molecule has 0 aromatic heterocycles. The van der Waals surface area contributed by atoms with E-state index in [-0.39, 0.29) is 0 Å². The average Bonchev–Trinajstić information content (AvgIpc) is 2.04. The lowest BCUT2D eigenvalue weighted by molar-refractivity contribution is 0.189. The molecular formula is C8H11ClN2O. The van der Waals surface area contributed by atoms with E-state index in [1.807, 2.05) is 12.1 Å². The van der Waals surface area contributed by atoms with Gasteiger partial charge >= 0.3 is 0 Å². The van der Waals surface area contributed by atoms with E-state index in [2.05, 4.69) is 0 Å². The SMILES string of the molecule is CC(O)N(N)c1ccccc1Cl. The molecule has 0 heterocycles. The molecule has 3 N–H and O–H groups in total. The minimum Gasteiger partial charge on any atom is -0.373 e. The topological polar surface area (TPSA) is 49.5 Å². The predicted molar refractivity (Wildman–Crippen MR) is 49.8 cm³/mol. The van der Waals surface area contributed by atoms with Gasteiger partial charge in [-0.2, -0.15) is 0 Å². The quantitative estimate of drug-likeness (QED) is 0.417. The smallest absolute Gasteiger partial charge is 0.138 e. The zero-order chi connectivity index (χ0) is 9.14. The van der Waals surface area contributed by atoms with Crippen LogP contribution in [0.3, 0.4) is 0 Å². The molecule has 0 radical (unpaired) electrons. The summed E-state index contributed by atoms with van der Waals surface area (Å²) in [5, 5.41) is 10.9. The number of hydrogen-bond donors (Lipinski definition) is 2. The Bertz CT molecular complexity index is 265. The van der Waals surface area contributed by atoms with Gasteiger partial charge in [0.1, 0.15) is 6.23 Å². The molecule has 0 bridgehead atoms. The molecule has 0 saturated carbocycles. The van der Waals surface area contributed by atoms with Gasteiger partial charge < -0.3 is 5.11 Å². The molecule has 1 unspecified atom stereocenters. The fourth-order valence-electron chi connectivity index (χ4n) is 0.862. The molecule has 1 aromatic carbocycles. The zero-order valence-electron chi connectivity index (χ0n) is 6.74. The van der Waals surface area contributed by atoms with Crippen molar-refractivity contribution in [2.75, 3.05) is 5.01 Å². The number of aliphatic hydroxyl groups excluding tert-OH is 1. The first-order valence-corrected chi connectivity index (χ1v) is 3.97. The third-order valence-electron chi connectivity index (χ3n) is 1.53. The Balaban J connectivity index is 2.94.